The van der Waals surface area contributed by atoms with E-state index < -0.39 is 149 Å². The smallest absolute Gasteiger partial charge is 0.335 e. The van der Waals surface area contributed by atoms with Crippen LogP contribution < -0.4 is 0 Å². The van der Waals surface area contributed by atoms with Gasteiger partial charge in [-0.25, -0.2) is 4.79 Å². The van der Waals surface area contributed by atoms with Gasteiger partial charge in [-0.1, -0.05) is 0 Å². The van der Waals surface area contributed by atoms with Gasteiger partial charge in [0.15, 0.2) is 25.0 Å². The molecule has 0 amide bonds. The molecule has 3 heterocycles. The molecule has 22 heteroatoms. The van der Waals surface area contributed by atoms with Gasteiger partial charge in [-0.3, -0.25) is 0 Å². The van der Waals surface area contributed by atoms with E-state index in [4.69, 9.17) is 33.5 Å². The van der Waals surface area contributed by atoms with Crippen molar-refractivity contribution in [3.8, 4) is 0 Å². The molecule has 0 aromatic carbocycles. The van der Waals surface area contributed by atoms with E-state index in [1.807, 2.05) is 0 Å². The molecule has 22 nitrogen and oxygen atoms in total. The van der Waals surface area contributed by atoms with E-state index in [1.54, 1.807) is 0 Å². The Hall–Kier alpha value is -1.33. The molecule has 0 bridgehead atoms. The summed E-state index contributed by atoms with van der Waals surface area (Å²) in [5.74, 6) is -1.90. The zero-order valence-corrected chi connectivity index (χ0v) is 23.9. The van der Waals surface area contributed by atoms with Crippen molar-refractivity contribution in [1.29, 1.82) is 0 Å². The molecule has 3 saturated heterocycles. The minimum absolute atomic E-state index is 0.797. The summed E-state index contributed by atoms with van der Waals surface area (Å²) in [6.45, 7) is -3.59. The van der Waals surface area contributed by atoms with Crippen molar-refractivity contribution in [2.75, 3.05) is 26.4 Å². The zero-order valence-electron chi connectivity index (χ0n) is 23.9. The Labute approximate surface area is 259 Å². The molecular weight excluding hydrogens is 640 g/mol. The zero-order chi connectivity index (χ0) is 34.6. The van der Waals surface area contributed by atoms with Gasteiger partial charge in [-0.2, -0.15) is 0 Å². The molecule has 0 saturated carbocycles. The monoisotopic (exact) mass is 682 g/mol. The molecule has 270 valence electrons. The van der Waals surface area contributed by atoms with Crippen LogP contribution in [0.3, 0.4) is 0 Å². The Balaban J connectivity index is 1.64. The van der Waals surface area contributed by atoms with E-state index in [2.05, 4.69) is 0 Å². The first kappa shape index (κ1) is 39.1. The first-order valence-corrected chi connectivity index (χ1v) is 14.0. The van der Waals surface area contributed by atoms with Gasteiger partial charge in [0.05, 0.1) is 26.4 Å². The number of aliphatic carboxylic acids is 1. The summed E-state index contributed by atoms with van der Waals surface area (Å²) < 4.78 is 32.1. The van der Waals surface area contributed by atoms with Crippen LogP contribution in [0, 0.1) is 0 Å². The molecule has 0 radical (unpaired) electrons. The van der Waals surface area contributed by atoms with Crippen LogP contribution in [0.2, 0.25) is 0 Å². The van der Waals surface area contributed by atoms with Crippen molar-refractivity contribution in [3.63, 3.8) is 0 Å². The van der Waals surface area contributed by atoms with Crippen molar-refractivity contribution in [3.05, 3.63) is 0 Å². The average Bonchev–Trinajstić information content (AvgIpc) is 3.04. The number of carbonyl (C=O) groups is 1. The predicted molar refractivity (Wildman–Crippen MR) is 137 cm³/mol. The second-order valence-electron chi connectivity index (χ2n) is 11.0. The number of ether oxygens (including phenoxy) is 6. The number of carboxylic acids is 1. The van der Waals surface area contributed by atoms with E-state index in [0.29, 0.717) is 0 Å². The molecule has 0 aromatic rings. The minimum atomic E-state index is -2.46. The summed E-state index contributed by atoms with van der Waals surface area (Å²) in [7, 11) is 0. The standard InChI is InChI=1S/C24H42O22/c25-1-6-10(30)12(32)16(36)23(42-6)45-20-8(3-27)44-24(18(38)14(20)34)46-19-7(2-26)43-22(17(37)13(19)33)41-4-5(28)9(29)11(31)15(35)21(39)40/h5-20,22-38H,1-4H2,(H,39,40)/t5-,6-,7-,8-,9-,10-,11+,12+,13-,14-,15-,16-,17-,18-,19-,20-,22+,23-,24+/m1/s1. The van der Waals surface area contributed by atoms with Gasteiger partial charge >= 0.3 is 5.97 Å². The third-order valence-electron chi connectivity index (χ3n) is 7.82. The van der Waals surface area contributed by atoms with Crippen LogP contribution in [0.15, 0.2) is 0 Å². The van der Waals surface area contributed by atoms with E-state index in [-0.39, 0.29) is 0 Å². The van der Waals surface area contributed by atoms with Crippen LogP contribution in [-0.2, 0) is 33.2 Å². The van der Waals surface area contributed by atoms with Crippen LogP contribution in [0.25, 0.3) is 0 Å². The van der Waals surface area contributed by atoms with Gasteiger partial charge in [0.1, 0.15) is 91.6 Å². The quantitative estimate of drug-likeness (QED) is 0.0808. The van der Waals surface area contributed by atoms with Gasteiger partial charge in [0.25, 0.3) is 0 Å². The highest BCUT2D eigenvalue weighted by Gasteiger charge is 2.53. The summed E-state index contributed by atoms with van der Waals surface area (Å²) >= 11 is 0. The molecule has 3 fully saturated rings. The molecule has 3 aliphatic heterocycles. The summed E-state index contributed by atoms with van der Waals surface area (Å²) in [4.78, 5) is 10.8. The fourth-order valence-corrected chi connectivity index (χ4v) is 5.03. The van der Waals surface area contributed by atoms with Crippen LogP contribution in [0.5, 0.6) is 0 Å². The largest absolute Gasteiger partial charge is 0.479 e. The number of rotatable bonds is 14. The second-order valence-corrected chi connectivity index (χ2v) is 11.0. The molecule has 46 heavy (non-hydrogen) atoms. The van der Waals surface area contributed by atoms with Gasteiger partial charge in [0, 0.05) is 0 Å². The maximum Gasteiger partial charge on any atom is 0.335 e. The number of aliphatic hydroxyl groups excluding tert-OH is 14. The average molecular weight is 683 g/mol. The van der Waals surface area contributed by atoms with Gasteiger partial charge in [-0.05, 0) is 0 Å². The first-order chi connectivity index (χ1) is 21.6. The van der Waals surface area contributed by atoms with E-state index in [9.17, 15) is 76.3 Å². The van der Waals surface area contributed by atoms with Gasteiger partial charge < -0.3 is 105 Å². The van der Waals surface area contributed by atoms with Crippen molar-refractivity contribution in [2.45, 2.75) is 117 Å². The molecule has 15 N–H and O–H groups in total. The first-order valence-electron chi connectivity index (χ1n) is 14.0. The number of hydrogen-bond donors (Lipinski definition) is 15. The normalized spacial score (nSPS) is 44.7. The van der Waals surface area contributed by atoms with Crippen molar-refractivity contribution >= 4 is 5.97 Å². The molecule has 0 aromatic heterocycles. The summed E-state index contributed by atoms with van der Waals surface area (Å²) in [5, 5.41) is 150. The SMILES string of the molecule is O=C(O)[C@H](O)[C@@H](O)[C@H](O)[C@H](O)CO[C@H]1O[C@H](CO)[C@@H](O[C@@H]2O[C@H](CO)[C@@H](O[C@H]3O[C@H](CO)[C@@H](O)[C@H](O)[C@H]3O)[C@H](O)[C@H]2O)[C@H](O)[C@H]1O. The molecule has 19 atom stereocenters. The minimum Gasteiger partial charge on any atom is -0.479 e. The summed E-state index contributed by atoms with van der Waals surface area (Å²) in [5.41, 5.74) is 0. The van der Waals surface area contributed by atoms with Crippen LogP contribution in [0.1, 0.15) is 0 Å². The fourth-order valence-electron chi connectivity index (χ4n) is 5.03. The lowest BCUT2D eigenvalue weighted by Crippen LogP contribution is -2.66. The fraction of sp³-hybridized carbons (Fsp3) is 0.958. The second kappa shape index (κ2) is 16.9. The molecule has 0 aliphatic carbocycles. The van der Waals surface area contributed by atoms with Crippen molar-refractivity contribution < 1.29 is 110 Å². The van der Waals surface area contributed by atoms with Crippen LogP contribution in [-0.4, -0.2) is 226 Å². The van der Waals surface area contributed by atoms with Gasteiger partial charge in [-0.15, -0.1) is 0 Å². The number of carboxylic acid groups (broad SMARTS) is 1. The summed E-state index contributed by atoms with van der Waals surface area (Å²) in [6.07, 6.45) is -36.0. The Bertz CT molecular complexity index is 940. The lowest BCUT2D eigenvalue weighted by Gasteiger charge is -2.48. The molecule has 0 spiro atoms. The number of aliphatic hydroxyl groups is 14. The van der Waals surface area contributed by atoms with Gasteiger partial charge in [0.2, 0.25) is 0 Å². The lowest BCUT2D eigenvalue weighted by atomic mass is 9.96. The Morgan fingerprint density at radius 3 is 1.43 bits per heavy atom. The Morgan fingerprint density at radius 2 is 0.978 bits per heavy atom. The Kier molecular flexibility index (Phi) is 14.3. The van der Waals surface area contributed by atoms with Crippen LogP contribution >= 0.6 is 0 Å². The maximum atomic E-state index is 10.8. The maximum absolute atomic E-state index is 10.8. The molecular formula is C24H42O22. The Morgan fingerprint density at radius 1 is 0.565 bits per heavy atom. The van der Waals surface area contributed by atoms with E-state index >= 15 is 0 Å². The molecule has 3 aliphatic rings. The van der Waals surface area contributed by atoms with E-state index in [1.165, 1.54) is 0 Å². The highest BCUT2D eigenvalue weighted by Crippen LogP contribution is 2.32. The van der Waals surface area contributed by atoms with Crippen molar-refractivity contribution in [1.82, 2.24) is 0 Å². The predicted octanol–water partition coefficient (Wildman–Crippen LogP) is -10.0. The molecule has 3 rings (SSSR count). The lowest BCUT2D eigenvalue weighted by molar-refractivity contribution is -0.380. The topological polar surface area (TPSA) is 376 Å². The number of hydrogen-bond acceptors (Lipinski definition) is 21. The molecule has 0 unspecified atom stereocenters. The van der Waals surface area contributed by atoms with Crippen molar-refractivity contribution in [2.24, 2.45) is 0 Å². The summed E-state index contributed by atoms with van der Waals surface area (Å²) in [6, 6.07) is 0. The highest BCUT2D eigenvalue weighted by molar-refractivity contribution is 5.72. The third-order valence-corrected chi connectivity index (χ3v) is 7.82. The van der Waals surface area contributed by atoms with E-state index in [0.717, 1.165) is 0 Å². The van der Waals surface area contributed by atoms with Crippen LogP contribution in [0.4, 0.5) is 0 Å². The third kappa shape index (κ3) is 8.44. The highest BCUT2D eigenvalue weighted by atomic mass is 16.8.